The summed E-state index contributed by atoms with van der Waals surface area (Å²) in [4.78, 5) is 14.5. The molecule has 0 spiro atoms. The molecule has 0 fully saturated rings. The van der Waals surface area contributed by atoms with Crippen molar-refractivity contribution in [3.05, 3.63) is 71.2 Å². The number of rotatable bonds is 7. The second kappa shape index (κ2) is 7.88. The summed E-state index contributed by atoms with van der Waals surface area (Å²) in [5.74, 6) is -0.00757. The van der Waals surface area contributed by atoms with Crippen LogP contribution in [0.2, 0.25) is 0 Å². The number of nitrogens with zero attached hydrogens (tertiary/aromatic N) is 3. The predicted octanol–water partition coefficient (Wildman–Crippen LogP) is 3.25. The van der Waals surface area contributed by atoms with E-state index in [2.05, 4.69) is 5.10 Å². The molecule has 28 heavy (non-hydrogen) atoms. The van der Waals surface area contributed by atoms with Gasteiger partial charge in [0.1, 0.15) is 5.76 Å². The van der Waals surface area contributed by atoms with Crippen molar-refractivity contribution in [1.29, 1.82) is 0 Å². The van der Waals surface area contributed by atoms with Crippen LogP contribution in [0.3, 0.4) is 0 Å². The summed E-state index contributed by atoms with van der Waals surface area (Å²) < 4.78 is 26.5. The number of amides is 1. The quantitative estimate of drug-likeness (QED) is 0.628. The SMILES string of the molecule is Cn1nc(CN(Cc2ccco2)C(=O)COc2ccccc2F)c2c1CCC2. The van der Waals surface area contributed by atoms with Gasteiger partial charge in [0, 0.05) is 12.7 Å². The molecule has 2 aromatic heterocycles. The molecule has 3 aromatic rings. The Morgan fingerprint density at radius 2 is 2.11 bits per heavy atom. The predicted molar refractivity (Wildman–Crippen MR) is 100 cm³/mol. The lowest BCUT2D eigenvalue weighted by molar-refractivity contribution is -0.135. The molecule has 2 heterocycles. The van der Waals surface area contributed by atoms with E-state index < -0.39 is 5.82 Å². The maximum absolute atomic E-state index is 13.8. The zero-order chi connectivity index (χ0) is 19.5. The van der Waals surface area contributed by atoms with Gasteiger partial charge in [-0.2, -0.15) is 5.10 Å². The van der Waals surface area contributed by atoms with Crippen LogP contribution in [0.15, 0.2) is 47.1 Å². The smallest absolute Gasteiger partial charge is 0.261 e. The number of aromatic nitrogens is 2. The highest BCUT2D eigenvalue weighted by atomic mass is 19.1. The third-order valence-electron chi connectivity index (χ3n) is 5.01. The van der Waals surface area contributed by atoms with Crippen LogP contribution in [-0.4, -0.2) is 27.2 Å². The Kier molecular flexibility index (Phi) is 5.14. The molecule has 1 aliphatic carbocycles. The lowest BCUT2D eigenvalue weighted by Crippen LogP contribution is -2.34. The highest BCUT2D eigenvalue weighted by molar-refractivity contribution is 5.77. The molecule has 0 aliphatic heterocycles. The van der Waals surface area contributed by atoms with Crippen LogP contribution < -0.4 is 4.74 Å². The van der Waals surface area contributed by atoms with Crippen LogP contribution in [0, 0.1) is 5.82 Å². The molecule has 1 aliphatic rings. The molecule has 0 atom stereocenters. The van der Waals surface area contributed by atoms with E-state index in [0.717, 1.165) is 25.0 Å². The van der Waals surface area contributed by atoms with Crippen molar-refractivity contribution in [1.82, 2.24) is 14.7 Å². The van der Waals surface area contributed by atoms with Crippen LogP contribution in [0.4, 0.5) is 4.39 Å². The molecule has 0 saturated carbocycles. The van der Waals surface area contributed by atoms with Gasteiger partial charge in [0.15, 0.2) is 18.2 Å². The number of furan rings is 1. The van der Waals surface area contributed by atoms with Gasteiger partial charge in [-0.25, -0.2) is 4.39 Å². The third-order valence-corrected chi connectivity index (χ3v) is 5.01. The Morgan fingerprint density at radius 1 is 1.25 bits per heavy atom. The van der Waals surface area contributed by atoms with Gasteiger partial charge >= 0.3 is 0 Å². The molecule has 1 amide bonds. The van der Waals surface area contributed by atoms with Crippen molar-refractivity contribution >= 4 is 5.91 Å². The molecule has 0 saturated heterocycles. The van der Waals surface area contributed by atoms with Gasteiger partial charge < -0.3 is 14.1 Å². The number of aryl methyl sites for hydroxylation is 1. The Bertz CT molecular complexity index is 965. The topological polar surface area (TPSA) is 60.5 Å². The van der Waals surface area contributed by atoms with E-state index in [1.54, 1.807) is 29.4 Å². The molecule has 146 valence electrons. The molecule has 0 bridgehead atoms. The molecule has 0 unspecified atom stereocenters. The number of hydrogen-bond acceptors (Lipinski definition) is 4. The van der Waals surface area contributed by atoms with Gasteiger partial charge in [0.05, 0.1) is 25.0 Å². The molecule has 0 radical (unpaired) electrons. The van der Waals surface area contributed by atoms with Gasteiger partial charge in [-0.05, 0) is 49.1 Å². The van der Waals surface area contributed by atoms with Crippen LogP contribution >= 0.6 is 0 Å². The minimum absolute atomic E-state index is 0.0625. The van der Waals surface area contributed by atoms with E-state index in [1.807, 2.05) is 17.8 Å². The van der Waals surface area contributed by atoms with Gasteiger partial charge in [0.25, 0.3) is 5.91 Å². The normalized spacial score (nSPS) is 12.8. The zero-order valence-electron chi connectivity index (χ0n) is 15.7. The second-order valence-corrected chi connectivity index (χ2v) is 6.90. The van der Waals surface area contributed by atoms with E-state index in [1.165, 1.54) is 23.4 Å². The Hall–Kier alpha value is -3.09. The fourth-order valence-electron chi connectivity index (χ4n) is 3.62. The van der Waals surface area contributed by atoms with E-state index in [9.17, 15) is 9.18 Å². The molecular formula is C21H22FN3O3. The summed E-state index contributed by atoms with van der Waals surface area (Å²) in [7, 11) is 1.94. The van der Waals surface area contributed by atoms with Gasteiger partial charge in [-0.15, -0.1) is 0 Å². The lowest BCUT2D eigenvalue weighted by atomic mass is 10.2. The monoisotopic (exact) mass is 383 g/mol. The lowest BCUT2D eigenvalue weighted by Gasteiger charge is -2.21. The molecule has 1 aromatic carbocycles. The summed E-state index contributed by atoms with van der Waals surface area (Å²) >= 11 is 0. The van der Waals surface area contributed by atoms with E-state index in [4.69, 9.17) is 9.15 Å². The Morgan fingerprint density at radius 3 is 2.89 bits per heavy atom. The molecule has 6 nitrogen and oxygen atoms in total. The Labute approximate surface area is 162 Å². The van der Waals surface area contributed by atoms with Crippen LogP contribution in [0.25, 0.3) is 0 Å². The van der Waals surface area contributed by atoms with Crippen molar-refractivity contribution in [2.75, 3.05) is 6.61 Å². The number of fused-ring (bicyclic) bond motifs is 1. The number of ether oxygens (including phenoxy) is 1. The summed E-state index contributed by atoms with van der Waals surface area (Å²) in [5, 5.41) is 4.61. The van der Waals surface area contributed by atoms with Crippen molar-refractivity contribution < 1.29 is 18.3 Å². The molecular weight excluding hydrogens is 361 g/mol. The number of benzene rings is 1. The fourth-order valence-corrected chi connectivity index (χ4v) is 3.62. The first kappa shape index (κ1) is 18.3. The van der Waals surface area contributed by atoms with Crippen LogP contribution in [0.5, 0.6) is 5.75 Å². The summed E-state index contributed by atoms with van der Waals surface area (Å²) in [5.41, 5.74) is 3.37. The molecule has 0 N–H and O–H groups in total. The van der Waals surface area contributed by atoms with Crippen LogP contribution in [0.1, 0.15) is 29.1 Å². The maximum atomic E-state index is 13.8. The maximum Gasteiger partial charge on any atom is 0.261 e. The van der Waals surface area contributed by atoms with Crippen molar-refractivity contribution in [2.45, 2.75) is 32.4 Å². The highest BCUT2D eigenvalue weighted by Gasteiger charge is 2.25. The number of halogens is 1. The summed E-state index contributed by atoms with van der Waals surface area (Å²) in [6.07, 6.45) is 4.68. The summed E-state index contributed by atoms with van der Waals surface area (Å²) in [6.45, 7) is 0.415. The molecule has 7 heteroatoms. The fraction of sp³-hybridized carbons (Fsp3) is 0.333. The van der Waals surface area contributed by atoms with Crippen LogP contribution in [-0.2, 0) is 37.8 Å². The highest BCUT2D eigenvalue weighted by Crippen LogP contribution is 2.26. The minimum atomic E-state index is -0.490. The van der Waals surface area contributed by atoms with Crippen molar-refractivity contribution in [3.8, 4) is 5.75 Å². The Balaban J connectivity index is 1.51. The molecule has 4 rings (SSSR count). The van der Waals surface area contributed by atoms with Crippen molar-refractivity contribution in [2.24, 2.45) is 7.05 Å². The first-order valence-corrected chi connectivity index (χ1v) is 9.33. The van der Waals surface area contributed by atoms with Gasteiger partial charge in [-0.3, -0.25) is 9.48 Å². The number of para-hydroxylation sites is 1. The van der Waals surface area contributed by atoms with Crippen molar-refractivity contribution in [3.63, 3.8) is 0 Å². The average molecular weight is 383 g/mol. The third kappa shape index (κ3) is 3.78. The zero-order valence-corrected chi connectivity index (χ0v) is 15.7. The largest absolute Gasteiger partial charge is 0.481 e. The number of hydrogen-bond donors (Lipinski definition) is 0. The summed E-state index contributed by atoms with van der Waals surface area (Å²) in [6, 6.07) is 9.66. The van der Waals surface area contributed by atoms with E-state index in [-0.39, 0.29) is 18.3 Å². The number of carbonyl (C=O) groups excluding carboxylic acids is 1. The van der Waals surface area contributed by atoms with E-state index in [0.29, 0.717) is 18.8 Å². The second-order valence-electron chi connectivity index (χ2n) is 6.90. The standard InChI is InChI=1S/C21H22FN3O3/c1-24-19-9-4-7-16(19)18(23-24)13-25(12-15-6-5-11-27-15)21(26)14-28-20-10-3-2-8-17(20)22/h2-3,5-6,8,10-11H,4,7,9,12-14H2,1H3. The average Bonchev–Trinajstić information content (AvgIpc) is 3.41. The number of carbonyl (C=O) groups is 1. The van der Waals surface area contributed by atoms with Gasteiger partial charge in [-0.1, -0.05) is 12.1 Å². The first-order valence-electron chi connectivity index (χ1n) is 9.33. The minimum Gasteiger partial charge on any atom is -0.481 e. The van der Waals surface area contributed by atoms with Gasteiger partial charge in [0.2, 0.25) is 0 Å². The first-order chi connectivity index (χ1) is 13.6. The van der Waals surface area contributed by atoms with E-state index >= 15 is 0 Å².